The van der Waals surface area contributed by atoms with Crippen molar-refractivity contribution in [2.45, 2.75) is 356 Å². The van der Waals surface area contributed by atoms with Crippen LogP contribution in [-0.4, -0.2) is 96.7 Å². The van der Waals surface area contributed by atoms with Crippen LogP contribution in [0.3, 0.4) is 0 Å². The fourth-order valence-electron chi connectivity index (χ4n) is 10.2. The predicted octanol–water partition coefficient (Wildman–Crippen LogP) is 19.3. The molecule has 0 aliphatic rings. The maximum Gasteiger partial charge on any atom is 0.472 e. The molecule has 0 saturated heterocycles. The number of hydrogen-bond acceptors (Lipinski definition) is 15. The minimum absolute atomic E-state index is 0.102. The van der Waals surface area contributed by atoms with Gasteiger partial charge in [0.2, 0.25) is 0 Å². The minimum atomic E-state index is -4.95. The molecule has 0 aliphatic carbocycles. The summed E-state index contributed by atoms with van der Waals surface area (Å²) in [6.45, 7) is 14.1. The molecule has 0 rings (SSSR count). The average molecular weight is 1300 g/mol. The third-order valence-electron chi connectivity index (χ3n) is 16.5. The number of ether oxygens (including phenoxy) is 4. The van der Waals surface area contributed by atoms with E-state index in [0.29, 0.717) is 25.7 Å². The molecule has 88 heavy (non-hydrogen) atoms. The van der Waals surface area contributed by atoms with Crippen LogP contribution >= 0.6 is 15.6 Å². The number of unbranched alkanes of at least 4 members (excludes halogenated alkanes) is 30. The van der Waals surface area contributed by atoms with Crippen LogP contribution < -0.4 is 0 Å². The summed E-state index contributed by atoms with van der Waals surface area (Å²) >= 11 is 0. The van der Waals surface area contributed by atoms with E-state index in [4.69, 9.17) is 37.0 Å². The van der Waals surface area contributed by atoms with Gasteiger partial charge in [-0.2, -0.15) is 0 Å². The maximum atomic E-state index is 13.0. The van der Waals surface area contributed by atoms with Gasteiger partial charge >= 0.3 is 39.5 Å². The van der Waals surface area contributed by atoms with Crippen molar-refractivity contribution in [2.75, 3.05) is 39.6 Å². The molecule has 0 radical (unpaired) electrons. The van der Waals surface area contributed by atoms with Crippen LogP contribution in [0.2, 0.25) is 0 Å². The Balaban J connectivity index is 5.26. The van der Waals surface area contributed by atoms with Gasteiger partial charge in [-0.3, -0.25) is 37.3 Å². The SMILES string of the molecule is CCC(C)CCCCCCCCCCC(=O)OC[C@H](COP(=O)(O)OCC(O)COP(=O)(O)OC[C@@H](COC(=O)CCCCCCCCCCC(C)C)OC(=O)CCCCCCCCC(C)CC)OC(=O)CCCCCCCCCCCCCCC(C)C. The molecule has 5 unspecified atom stereocenters. The highest BCUT2D eigenvalue weighted by molar-refractivity contribution is 7.47. The average Bonchev–Trinajstić information content (AvgIpc) is 3.52. The van der Waals surface area contributed by atoms with Gasteiger partial charge in [0.05, 0.1) is 26.4 Å². The van der Waals surface area contributed by atoms with Crippen LogP contribution in [0.1, 0.15) is 338 Å². The van der Waals surface area contributed by atoms with Crippen molar-refractivity contribution in [2.24, 2.45) is 23.7 Å². The zero-order chi connectivity index (χ0) is 65.4. The first-order chi connectivity index (χ1) is 42.2. The molecule has 0 aromatic rings. The van der Waals surface area contributed by atoms with E-state index < -0.39 is 97.5 Å². The highest BCUT2D eigenvalue weighted by atomic mass is 31.2. The predicted molar refractivity (Wildman–Crippen MR) is 354 cm³/mol. The van der Waals surface area contributed by atoms with Crippen molar-refractivity contribution in [3.63, 3.8) is 0 Å². The first-order valence-electron chi connectivity index (χ1n) is 35.8. The van der Waals surface area contributed by atoms with Gasteiger partial charge in [-0.05, 0) is 49.4 Å². The molecule has 0 amide bonds. The lowest BCUT2D eigenvalue weighted by molar-refractivity contribution is -0.161. The molecule has 17 nitrogen and oxygen atoms in total. The Bertz CT molecular complexity index is 1750. The molecular formula is C69H134O17P2. The van der Waals surface area contributed by atoms with Gasteiger partial charge in [-0.25, -0.2) is 9.13 Å². The summed E-state index contributed by atoms with van der Waals surface area (Å²) in [6, 6.07) is 0. The Labute approximate surface area is 537 Å². The van der Waals surface area contributed by atoms with Gasteiger partial charge in [0.25, 0.3) is 0 Å². The number of hydrogen-bond donors (Lipinski definition) is 3. The first-order valence-corrected chi connectivity index (χ1v) is 38.8. The van der Waals surface area contributed by atoms with E-state index in [0.717, 1.165) is 114 Å². The summed E-state index contributed by atoms with van der Waals surface area (Å²) in [5, 5.41) is 10.6. The second-order valence-corrected chi connectivity index (χ2v) is 29.3. The van der Waals surface area contributed by atoms with E-state index in [1.807, 2.05) is 0 Å². The Morgan fingerprint density at radius 3 is 0.807 bits per heavy atom. The van der Waals surface area contributed by atoms with Crippen LogP contribution in [0.25, 0.3) is 0 Å². The van der Waals surface area contributed by atoms with Crippen molar-refractivity contribution < 1.29 is 80.2 Å². The van der Waals surface area contributed by atoms with Gasteiger partial charge in [0.15, 0.2) is 12.2 Å². The van der Waals surface area contributed by atoms with Crippen molar-refractivity contribution in [3.8, 4) is 0 Å². The summed E-state index contributed by atoms with van der Waals surface area (Å²) in [6.07, 6.45) is 40.3. The van der Waals surface area contributed by atoms with Gasteiger partial charge in [-0.15, -0.1) is 0 Å². The fourth-order valence-corrected chi connectivity index (χ4v) is 11.8. The van der Waals surface area contributed by atoms with E-state index >= 15 is 0 Å². The van der Waals surface area contributed by atoms with Crippen LogP contribution in [0, 0.1) is 23.7 Å². The molecule has 0 saturated carbocycles. The first kappa shape index (κ1) is 86.1. The smallest absolute Gasteiger partial charge is 0.462 e. The number of phosphoric ester groups is 2. The van der Waals surface area contributed by atoms with Gasteiger partial charge in [0.1, 0.15) is 19.3 Å². The highest BCUT2D eigenvalue weighted by Crippen LogP contribution is 2.45. The molecular weight excluding hydrogens is 1160 g/mol. The Kier molecular flexibility index (Phi) is 57.6. The van der Waals surface area contributed by atoms with E-state index in [2.05, 4.69) is 55.4 Å². The number of aliphatic hydroxyl groups is 1. The zero-order valence-electron chi connectivity index (χ0n) is 57.3. The number of carbonyl (C=O) groups is 4. The second-order valence-electron chi connectivity index (χ2n) is 26.4. The third kappa shape index (κ3) is 60.3. The van der Waals surface area contributed by atoms with E-state index in [1.54, 1.807) is 0 Å². The summed E-state index contributed by atoms with van der Waals surface area (Å²) in [5.74, 6) is 0.867. The monoisotopic (exact) mass is 1300 g/mol. The number of esters is 4. The van der Waals surface area contributed by atoms with Crippen molar-refractivity contribution in [1.82, 2.24) is 0 Å². The summed E-state index contributed by atoms with van der Waals surface area (Å²) < 4.78 is 68.2. The van der Waals surface area contributed by atoms with E-state index in [-0.39, 0.29) is 25.7 Å². The molecule has 0 aliphatic heterocycles. The molecule has 0 bridgehead atoms. The lowest BCUT2D eigenvalue weighted by Gasteiger charge is -2.21. The summed E-state index contributed by atoms with van der Waals surface area (Å²) in [4.78, 5) is 72.5. The van der Waals surface area contributed by atoms with Gasteiger partial charge in [0, 0.05) is 25.7 Å². The lowest BCUT2D eigenvalue weighted by Crippen LogP contribution is -2.30. The summed E-state index contributed by atoms with van der Waals surface area (Å²) in [7, 11) is -9.90. The molecule has 522 valence electrons. The lowest BCUT2D eigenvalue weighted by atomic mass is 9.99. The van der Waals surface area contributed by atoms with Gasteiger partial charge in [-0.1, -0.05) is 287 Å². The van der Waals surface area contributed by atoms with Crippen molar-refractivity contribution >= 4 is 39.5 Å². The van der Waals surface area contributed by atoms with Crippen LogP contribution in [0.5, 0.6) is 0 Å². The standard InChI is InChI=1S/C69H134O17P2/c1-9-61(7)47-39-31-23-18-20-25-34-42-50-67(72)79-55-64(85-68(73)51-43-35-26-16-14-12-11-13-15-21-29-37-45-59(3)4)57-83-87(75,76)81-53-63(70)54-82-88(77,78)84-58-65(86-69(74)52-44-36-28-27-32-40-48-62(8)10-2)56-80-66(71)49-41-33-24-19-17-22-30-38-46-60(5)6/h59-65,70H,9-58H2,1-8H3,(H,75,76)(H,77,78)/t61?,62?,63?,64-,65-/m1/s1. The Morgan fingerprint density at radius 1 is 0.318 bits per heavy atom. The highest BCUT2D eigenvalue weighted by Gasteiger charge is 2.30. The second kappa shape index (κ2) is 58.8. The van der Waals surface area contributed by atoms with E-state index in [9.17, 15) is 43.2 Å². The maximum absolute atomic E-state index is 13.0. The molecule has 0 fully saturated rings. The quantitative estimate of drug-likeness (QED) is 0.0222. The molecule has 0 spiro atoms. The number of phosphoric acid groups is 2. The molecule has 7 atom stereocenters. The van der Waals surface area contributed by atoms with Crippen molar-refractivity contribution in [1.29, 1.82) is 0 Å². The minimum Gasteiger partial charge on any atom is -0.462 e. The molecule has 3 N–H and O–H groups in total. The topological polar surface area (TPSA) is 237 Å². The van der Waals surface area contributed by atoms with Crippen LogP contribution in [0.15, 0.2) is 0 Å². The zero-order valence-corrected chi connectivity index (χ0v) is 59.1. The largest absolute Gasteiger partial charge is 0.472 e. The molecule has 19 heteroatoms. The van der Waals surface area contributed by atoms with E-state index in [1.165, 1.54) is 141 Å². The number of rotatable bonds is 66. The summed E-state index contributed by atoms with van der Waals surface area (Å²) in [5.41, 5.74) is 0. The van der Waals surface area contributed by atoms with Crippen LogP contribution in [-0.2, 0) is 65.4 Å². The Morgan fingerprint density at radius 2 is 0.545 bits per heavy atom. The Hall–Kier alpha value is -1.94. The van der Waals surface area contributed by atoms with Gasteiger partial charge < -0.3 is 33.8 Å². The fraction of sp³-hybridized carbons (Fsp3) is 0.942. The van der Waals surface area contributed by atoms with Crippen molar-refractivity contribution in [3.05, 3.63) is 0 Å². The molecule has 0 aromatic carbocycles. The molecule has 0 heterocycles. The third-order valence-corrected chi connectivity index (χ3v) is 18.4. The molecule has 0 aromatic heterocycles. The van der Waals surface area contributed by atoms with Crippen LogP contribution in [0.4, 0.5) is 0 Å². The normalized spacial score (nSPS) is 14.9. The number of aliphatic hydroxyl groups excluding tert-OH is 1. The number of carbonyl (C=O) groups excluding carboxylic acids is 4.